The lowest BCUT2D eigenvalue weighted by Gasteiger charge is -2.17. The highest BCUT2D eigenvalue weighted by molar-refractivity contribution is 7.12. The standard InChI is InChI=1S/C19H19N5O2S/c1-12-20-17(23-22-12)14-10-24(19(26)16-8-5-9-27-16)11-15(14)21-18(25)13-6-3-2-4-7-13/h2-9,14-15H,10-11H2,1H3,(H,21,25)(H,20,22,23)/t14-,15-/m1/s1. The summed E-state index contributed by atoms with van der Waals surface area (Å²) >= 11 is 1.42. The number of nitrogens with one attached hydrogen (secondary N) is 2. The summed E-state index contributed by atoms with van der Waals surface area (Å²) in [6.45, 7) is 2.72. The van der Waals surface area contributed by atoms with Crippen molar-refractivity contribution in [3.8, 4) is 0 Å². The van der Waals surface area contributed by atoms with Gasteiger partial charge >= 0.3 is 0 Å². The molecule has 27 heavy (non-hydrogen) atoms. The molecule has 0 unspecified atom stereocenters. The van der Waals surface area contributed by atoms with E-state index in [0.717, 1.165) is 0 Å². The Labute approximate surface area is 160 Å². The van der Waals surface area contributed by atoms with Gasteiger partial charge in [-0.05, 0) is 30.5 Å². The number of aryl methyl sites for hydroxylation is 1. The lowest BCUT2D eigenvalue weighted by atomic mass is 10.0. The average Bonchev–Trinajstić information content (AvgIpc) is 3.42. The van der Waals surface area contributed by atoms with E-state index in [9.17, 15) is 9.59 Å². The van der Waals surface area contributed by atoms with Crippen molar-refractivity contribution in [1.29, 1.82) is 0 Å². The normalized spacial score (nSPS) is 19.2. The average molecular weight is 381 g/mol. The smallest absolute Gasteiger partial charge is 0.264 e. The molecule has 0 bridgehead atoms. The predicted octanol–water partition coefficient (Wildman–Crippen LogP) is 2.21. The zero-order chi connectivity index (χ0) is 18.8. The third kappa shape index (κ3) is 3.61. The van der Waals surface area contributed by atoms with Crippen LogP contribution < -0.4 is 5.32 Å². The molecule has 0 aliphatic carbocycles. The lowest BCUT2D eigenvalue weighted by Crippen LogP contribution is -2.40. The van der Waals surface area contributed by atoms with Crippen LogP contribution in [0.25, 0.3) is 0 Å². The summed E-state index contributed by atoms with van der Waals surface area (Å²) in [5, 5.41) is 12.1. The molecule has 2 aromatic heterocycles. The summed E-state index contributed by atoms with van der Waals surface area (Å²) in [6.07, 6.45) is 0. The molecule has 1 saturated heterocycles. The summed E-state index contributed by atoms with van der Waals surface area (Å²) in [6, 6.07) is 12.5. The Morgan fingerprint density at radius 3 is 2.67 bits per heavy atom. The van der Waals surface area contributed by atoms with E-state index >= 15 is 0 Å². The first kappa shape index (κ1) is 17.4. The van der Waals surface area contributed by atoms with Crippen LogP contribution in [-0.2, 0) is 0 Å². The van der Waals surface area contributed by atoms with Crippen molar-refractivity contribution < 1.29 is 9.59 Å². The number of nitrogens with zero attached hydrogens (tertiary/aromatic N) is 3. The maximum absolute atomic E-state index is 12.8. The summed E-state index contributed by atoms with van der Waals surface area (Å²) in [4.78, 5) is 32.3. The quantitative estimate of drug-likeness (QED) is 0.725. The van der Waals surface area contributed by atoms with Gasteiger partial charge in [0.15, 0.2) is 5.82 Å². The zero-order valence-electron chi connectivity index (χ0n) is 14.8. The number of rotatable bonds is 4. The maximum Gasteiger partial charge on any atom is 0.264 e. The SMILES string of the molecule is Cc1nc([C@@H]2CN(C(=O)c3cccs3)C[C@H]2NC(=O)c2ccccc2)n[nH]1. The highest BCUT2D eigenvalue weighted by atomic mass is 32.1. The Bertz CT molecular complexity index is 938. The summed E-state index contributed by atoms with van der Waals surface area (Å²) < 4.78 is 0. The van der Waals surface area contributed by atoms with E-state index in [1.54, 1.807) is 17.0 Å². The second-order valence-electron chi connectivity index (χ2n) is 6.52. The molecule has 1 aliphatic heterocycles. The van der Waals surface area contributed by atoms with Crippen LogP contribution in [0.15, 0.2) is 47.8 Å². The highest BCUT2D eigenvalue weighted by Crippen LogP contribution is 2.28. The second-order valence-corrected chi connectivity index (χ2v) is 7.47. The minimum atomic E-state index is -0.253. The van der Waals surface area contributed by atoms with Crippen molar-refractivity contribution in [3.63, 3.8) is 0 Å². The van der Waals surface area contributed by atoms with Gasteiger partial charge in [0.05, 0.1) is 16.8 Å². The number of aromatic nitrogens is 3. The fourth-order valence-corrected chi connectivity index (χ4v) is 3.99. The Balaban J connectivity index is 1.56. The van der Waals surface area contributed by atoms with E-state index in [-0.39, 0.29) is 23.8 Å². The molecule has 1 fully saturated rings. The van der Waals surface area contributed by atoms with E-state index in [1.807, 2.05) is 42.6 Å². The molecular formula is C19H19N5O2S. The number of thiophene rings is 1. The molecule has 7 nitrogen and oxygen atoms in total. The molecule has 1 aliphatic rings. The molecule has 2 atom stereocenters. The monoisotopic (exact) mass is 381 g/mol. The number of likely N-dealkylation sites (tertiary alicyclic amines) is 1. The maximum atomic E-state index is 12.8. The van der Waals surface area contributed by atoms with Crippen molar-refractivity contribution in [2.24, 2.45) is 0 Å². The third-order valence-corrected chi connectivity index (χ3v) is 5.50. The van der Waals surface area contributed by atoms with E-state index in [0.29, 0.717) is 35.2 Å². The molecule has 4 rings (SSSR count). The number of carbonyl (C=O) groups is 2. The van der Waals surface area contributed by atoms with Gasteiger partial charge in [0.25, 0.3) is 11.8 Å². The van der Waals surface area contributed by atoms with Gasteiger partial charge in [-0.2, -0.15) is 5.10 Å². The Morgan fingerprint density at radius 1 is 1.19 bits per heavy atom. The van der Waals surface area contributed by atoms with E-state index in [1.165, 1.54) is 11.3 Å². The van der Waals surface area contributed by atoms with Crippen LogP contribution in [0.1, 0.15) is 37.6 Å². The fourth-order valence-electron chi connectivity index (χ4n) is 3.30. The molecule has 138 valence electrons. The van der Waals surface area contributed by atoms with Crippen LogP contribution in [0.2, 0.25) is 0 Å². The number of hydrogen-bond donors (Lipinski definition) is 2. The number of benzene rings is 1. The fraction of sp³-hybridized carbons (Fsp3) is 0.263. The topological polar surface area (TPSA) is 91.0 Å². The van der Waals surface area contributed by atoms with Crippen molar-refractivity contribution in [3.05, 3.63) is 69.9 Å². The van der Waals surface area contributed by atoms with Crippen LogP contribution in [0, 0.1) is 6.92 Å². The van der Waals surface area contributed by atoms with Crippen LogP contribution in [0.3, 0.4) is 0 Å². The van der Waals surface area contributed by atoms with Gasteiger partial charge in [0, 0.05) is 18.7 Å². The van der Waals surface area contributed by atoms with Crippen LogP contribution >= 0.6 is 11.3 Å². The molecule has 0 radical (unpaired) electrons. The third-order valence-electron chi connectivity index (χ3n) is 4.64. The molecule has 0 saturated carbocycles. The predicted molar refractivity (Wildman–Crippen MR) is 102 cm³/mol. The van der Waals surface area contributed by atoms with Crippen LogP contribution in [0.4, 0.5) is 0 Å². The van der Waals surface area contributed by atoms with Crippen molar-refractivity contribution in [2.45, 2.75) is 18.9 Å². The van der Waals surface area contributed by atoms with Gasteiger partial charge < -0.3 is 10.2 Å². The number of hydrogen-bond acceptors (Lipinski definition) is 5. The first-order valence-electron chi connectivity index (χ1n) is 8.69. The van der Waals surface area contributed by atoms with Gasteiger partial charge in [-0.1, -0.05) is 24.3 Å². The minimum Gasteiger partial charge on any atom is -0.347 e. The van der Waals surface area contributed by atoms with Crippen LogP contribution in [-0.4, -0.2) is 51.0 Å². The minimum absolute atomic E-state index is 0.0290. The second kappa shape index (κ2) is 7.32. The Kier molecular flexibility index (Phi) is 4.72. The molecule has 0 spiro atoms. The molecule has 2 N–H and O–H groups in total. The first-order valence-corrected chi connectivity index (χ1v) is 9.57. The number of aromatic amines is 1. The first-order chi connectivity index (χ1) is 13.1. The molecule has 8 heteroatoms. The number of H-pyrrole nitrogens is 1. The van der Waals surface area contributed by atoms with Crippen molar-refractivity contribution >= 4 is 23.2 Å². The molecule has 3 aromatic rings. The van der Waals surface area contributed by atoms with E-state index in [4.69, 9.17) is 0 Å². The van der Waals surface area contributed by atoms with E-state index < -0.39 is 0 Å². The largest absolute Gasteiger partial charge is 0.347 e. The van der Waals surface area contributed by atoms with Crippen molar-refractivity contribution in [2.75, 3.05) is 13.1 Å². The molecule has 3 heterocycles. The summed E-state index contributed by atoms with van der Waals surface area (Å²) in [7, 11) is 0. The van der Waals surface area contributed by atoms with Gasteiger partial charge in [-0.3, -0.25) is 14.7 Å². The van der Waals surface area contributed by atoms with Crippen LogP contribution in [0.5, 0.6) is 0 Å². The highest BCUT2D eigenvalue weighted by Gasteiger charge is 2.39. The molecular weight excluding hydrogens is 362 g/mol. The van der Waals surface area contributed by atoms with Gasteiger partial charge in [-0.15, -0.1) is 11.3 Å². The number of amides is 2. The molecule has 1 aromatic carbocycles. The Morgan fingerprint density at radius 2 is 2.00 bits per heavy atom. The lowest BCUT2D eigenvalue weighted by molar-refractivity contribution is 0.0787. The summed E-state index contributed by atoms with van der Waals surface area (Å²) in [5.41, 5.74) is 0.588. The van der Waals surface area contributed by atoms with Gasteiger partial charge in [-0.25, -0.2) is 4.98 Å². The van der Waals surface area contributed by atoms with Gasteiger partial charge in [0.2, 0.25) is 0 Å². The van der Waals surface area contributed by atoms with Crippen molar-refractivity contribution in [1.82, 2.24) is 25.4 Å². The molecule has 2 amide bonds. The van der Waals surface area contributed by atoms with E-state index in [2.05, 4.69) is 20.5 Å². The van der Waals surface area contributed by atoms with Gasteiger partial charge in [0.1, 0.15) is 5.82 Å². The summed E-state index contributed by atoms with van der Waals surface area (Å²) in [5.74, 6) is 0.974. The number of carbonyl (C=O) groups excluding carboxylic acids is 2. The Hall–Kier alpha value is -3.00. The zero-order valence-corrected chi connectivity index (χ0v) is 15.6.